The molecule has 2 aromatic rings. The lowest BCUT2D eigenvalue weighted by molar-refractivity contribution is 0.0694. The highest BCUT2D eigenvalue weighted by Gasteiger charge is 2.26. The minimum atomic E-state index is -0.893. The standard InChI is InChI=1S/C17H23N5O2/c1-4-20(2)16-15(17(23)24)14-5-6-22(11-13(14)8-18-16)10-12-7-19-21(3)9-12/h7-9H,4-6,10-11H2,1-3H3,(H,23,24). The Kier molecular flexibility index (Phi) is 4.53. The molecule has 1 N–H and O–H groups in total. The summed E-state index contributed by atoms with van der Waals surface area (Å²) in [6, 6.07) is 0. The third-order valence-electron chi connectivity index (χ3n) is 4.54. The average Bonchev–Trinajstić information content (AvgIpc) is 2.97. The van der Waals surface area contributed by atoms with E-state index in [1.54, 1.807) is 4.68 Å². The molecule has 0 atom stereocenters. The van der Waals surface area contributed by atoms with E-state index in [-0.39, 0.29) is 0 Å². The molecule has 0 spiro atoms. The van der Waals surface area contributed by atoms with E-state index in [1.165, 1.54) is 0 Å². The van der Waals surface area contributed by atoms with Gasteiger partial charge in [0.1, 0.15) is 11.4 Å². The monoisotopic (exact) mass is 329 g/mol. The SMILES string of the molecule is CCN(C)c1ncc2c(c1C(=O)O)CCN(Cc1cnn(C)c1)C2. The zero-order chi connectivity index (χ0) is 17.3. The van der Waals surface area contributed by atoms with Gasteiger partial charge in [-0.05, 0) is 24.5 Å². The van der Waals surface area contributed by atoms with E-state index in [4.69, 9.17) is 0 Å². The Morgan fingerprint density at radius 1 is 1.42 bits per heavy atom. The first-order chi connectivity index (χ1) is 11.5. The summed E-state index contributed by atoms with van der Waals surface area (Å²) in [5, 5.41) is 13.9. The molecule has 128 valence electrons. The number of carboxylic acids is 1. The summed E-state index contributed by atoms with van der Waals surface area (Å²) >= 11 is 0. The second-order valence-corrected chi connectivity index (χ2v) is 6.26. The van der Waals surface area contributed by atoms with Gasteiger partial charge in [0.25, 0.3) is 0 Å². The number of hydrogen-bond donors (Lipinski definition) is 1. The van der Waals surface area contributed by atoms with E-state index in [1.807, 2.05) is 44.5 Å². The number of aromatic nitrogens is 3. The zero-order valence-corrected chi connectivity index (χ0v) is 14.4. The minimum absolute atomic E-state index is 0.359. The molecule has 0 amide bonds. The highest BCUT2D eigenvalue weighted by Crippen LogP contribution is 2.28. The van der Waals surface area contributed by atoms with Gasteiger partial charge < -0.3 is 10.0 Å². The van der Waals surface area contributed by atoms with Gasteiger partial charge in [-0.3, -0.25) is 9.58 Å². The first kappa shape index (κ1) is 16.4. The van der Waals surface area contributed by atoms with Crippen molar-refractivity contribution in [1.29, 1.82) is 0 Å². The number of rotatable bonds is 5. The van der Waals surface area contributed by atoms with Crippen molar-refractivity contribution in [2.24, 2.45) is 7.05 Å². The van der Waals surface area contributed by atoms with Gasteiger partial charge in [0, 0.05) is 58.2 Å². The predicted molar refractivity (Wildman–Crippen MR) is 91.2 cm³/mol. The number of nitrogens with zero attached hydrogens (tertiary/aromatic N) is 5. The van der Waals surface area contributed by atoms with Crippen LogP contribution in [-0.2, 0) is 26.6 Å². The maximum Gasteiger partial charge on any atom is 0.339 e. The molecular formula is C17H23N5O2. The van der Waals surface area contributed by atoms with Crippen molar-refractivity contribution in [2.45, 2.75) is 26.4 Å². The van der Waals surface area contributed by atoms with Crippen LogP contribution in [0.2, 0.25) is 0 Å². The molecule has 1 aliphatic heterocycles. The second kappa shape index (κ2) is 6.60. The second-order valence-electron chi connectivity index (χ2n) is 6.26. The first-order valence-corrected chi connectivity index (χ1v) is 8.14. The quantitative estimate of drug-likeness (QED) is 0.897. The molecule has 7 nitrogen and oxygen atoms in total. The van der Waals surface area contributed by atoms with Gasteiger partial charge in [0.05, 0.1) is 6.20 Å². The van der Waals surface area contributed by atoms with Gasteiger partial charge in [-0.25, -0.2) is 9.78 Å². The summed E-state index contributed by atoms with van der Waals surface area (Å²) in [7, 11) is 3.78. The van der Waals surface area contributed by atoms with Crippen molar-refractivity contribution >= 4 is 11.8 Å². The highest BCUT2D eigenvalue weighted by atomic mass is 16.4. The largest absolute Gasteiger partial charge is 0.478 e. The van der Waals surface area contributed by atoms with Crippen LogP contribution < -0.4 is 4.90 Å². The molecule has 24 heavy (non-hydrogen) atoms. The van der Waals surface area contributed by atoms with Crippen LogP contribution in [0, 0.1) is 0 Å². The highest BCUT2D eigenvalue weighted by molar-refractivity contribution is 5.95. The van der Waals surface area contributed by atoms with Crippen molar-refractivity contribution in [3.05, 3.63) is 40.8 Å². The predicted octanol–water partition coefficient (Wildman–Crippen LogP) is 1.53. The van der Waals surface area contributed by atoms with Gasteiger partial charge in [0.2, 0.25) is 0 Å². The smallest absolute Gasteiger partial charge is 0.339 e. The van der Waals surface area contributed by atoms with Crippen molar-refractivity contribution in [1.82, 2.24) is 19.7 Å². The fraction of sp³-hybridized carbons (Fsp3) is 0.471. The normalized spacial score (nSPS) is 14.5. The maximum absolute atomic E-state index is 11.8. The Bertz CT molecular complexity index is 755. The van der Waals surface area contributed by atoms with Crippen LogP contribution in [-0.4, -0.2) is 50.9 Å². The third kappa shape index (κ3) is 3.12. The van der Waals surface area contributed by atoms with E-state index < -0.39 is 5.97 Å². The number of aryl methyl sites for hydroxylation is 1. The Labute approximate surface area is 141 Å². The summed E-state index contributed by atoms with van der Waals surface area (Å²) < 4.78 is 1.80. The van der Waals surface area contributed by atoms with Crippen molar-refractivity contribution in [2.75, 3.05) is 25.0 Å². The van der Waals surface area contributed by atoms with E-state index >= 15 is 0 Å². The van der Waals surface area contributed by atoms with Crippen LogP contribution in [0.5, 0.6) is 0 Å². The summed E-state index contributed by atoms with van der Waals surface area (Å²) in [6.45, 7) is 5.07. The molecule has 0 unspecified atom stereocenters. The topological polar surface area (TPSA) is 74.5 Å². The van der Waals surface area contributed by atoms with E-state index in [2.05, 4.69) is 15.0 Å². The molecule has 3 rings (SSSR count). The molecule has 7 heteroatoms. The van der Waals surface area contributed by atoms with Gasteiger partial charge in [0.15, 0.2) is 0 Å². The van der Waals surface area contributed by atoms with E-state index in [0.717, 1.165) is 42.7 Å². The van der Waals surface area contributed by atoms with Crippen LogP contribution in [0.25, 0.3) is 0 Å². The number of anilines is 1. The van der Waals surface area contributed by atoms with Crippen molar-refractivity contribution in [3.8, 4) is 0 Å². The molecule has 1 aliphatic rings. The molecule has 0 bridgehead atoms. The Hall–Kier alpha value is -2.41. The molecular weight excluding hydrogens is 306 g/mol. The summed E-state index contributed by atoms with van der Waals surface area (Å²) in [4.78, 5) is 20.4. The molecule has 0 saturated carbocycles. The van der Waals surface area contributed by atoms with E-state index in [0.29, 0.717) is 17.9 Å². The van der Waals surface area contributed by atoms with E-state index in [9.17, 15) is 9.90 Å². The molecule has 0 fully saturated rings. The van der Waals surface area contributed by atoms with Gasteiger partial charge >= 0.3 is 5.97 Å². The Balaban J connectivity index is 1.87. The number of hydrogen-bond acceptors (Lipinski definition) is 5. The van der Waals surface area contributed by atoms with Gasteiger partial charge in [-0.1, -0.05) is 0 Å². The van der Waals surface area contributed by atoms with Gasteiger partial charge in [-0.15, -0.1) is 0 Å². The minimum Gasteiger partial charge on any atom is -0.478 e. The van der Waals surface area contributed by atoms with Crippen LogP contribution in [0.4, 0.5) is 5.82 Å². The number of carbonyl (C=O) groups is 1. The maximum atomic E-state index is 11.8. The fourth-order valence-corrected chi connectivity index (χ4v) is 3.20. The third-order valence-corrected chi connectivity index (χ3v) is 4.54. The zero-order valence-electron chi connectivity index (χ0n) is 14.4. The number of pyridine rings is 1. The Morgan fingerprint density at radius 3 is 2.83 bits per heavy atom. The molecule has 2 aromatic heterocycles. The average molecular weight is 329 g/mol. The number of carboxylic acid groups (broad SMARTS) is 1. The van der Waals surface area contributed by atoms with Crippen LogP contribution >= 0.6 is 0 Å². The fourth-order valence-electron chi connectivity index (χ4n) is 3.20. The molecule has 3 heterocycles. The molecule has 0 radical (unpaired) electrons. The number of fused-ring (bicyclic) bond motifs is 1. The van der Waals surface area contributed by atoms with Crippen molar-refractivity contribution in [3.63, 3.8) is 0 Å². The van der Waals surface area contributed by atoms with Crippen molar-refractivity contribution < 1.29 is 9.90 Å². The molecule has 0 saturated heterocycles. The van der Waals surface area contributed by atoms with Crippen LogP contribution in [0.3, 0.4) is 0 Å². The molecule has 0 aliphatic carbocycles. The first-order valence-electron chi connectivity index (χ1n) is 8.14. The number of aromatic carboxylic acids is 1. The summed E-state index contributed by atoms with van der Waals surface area (Å²) in [6.07, 6.45) is 6.44. The summed E-state index contributed by atoms with van der Waals surface area (Å²) in [5.74, 6) is -0.334. The lowest BCUT2D eigenvalue weighted by Crippen LogP contribution is -2.32. The Morgan fingerprint density at radius 2 is 2.21 bits per heavy atom. The van der Waals surface area contributed by atoms with Crippen LogP contribution in [0.15, 0.2) is 18.6 Å². The van der Waals surface area contributed by atoms with Gasteiger partial charge in [-0.2, -0.15) is 5.10 Å². The molecule has 0 aromatic carbocycles. The summed E-state index contributed by atoms with van der Waals surface area (Å²) in [5.41, 5.74) is 3.46. The lowest BCUT2D eigenvalue weighted by Gasteiger charge is -2.30. The lowest BCUT2D eigenvalue weighted by atomic mass is 9.95. The van der Waals surface area contributed by atoms with Crippen LogP contribution in [0.1, 0.15) is 34.0 Å².